The number of benzene rings is 2. The van der Waals surface area contributed by atoms with Crippen LogP contribution in [0, 0.1) is 0 Å². The lowest BCUT2D eigenvalue weighted by molar-refractivity contribution is -0.156. The van der Waals surface area contributed by atoms with Crippen LogP contribution in [0.2, 0.25) is 0 Å². The standard InChI is InChI=1S/C26H33N3O7/c1-5-34-25(33)29-12-10-28(11-13-29)23(31)18-14-19(30)16-21(15-18)35-20-8-6-17(7-9-20)22(27)24(32)36-26(2,3)4/h6-9,14-16,22,30H,5,10-13,27H2,1-4H3. The molecular formula is C26H33N3O7. The maximum Gasteiger partial charge on any atom is 0.409 e. The quantitative estimate of drug-likeness (QED) is 0.578. The summed E-state index contributed by atoms with van der Waals surface area (Å²) >= 11 is 0. The van der Waals surface area contributed by atoms with Gasteiger partial charge in [0.25, 0.3) is 5.91 Å². The number of phenolic OH excluding ortho intramolecular Hbond substituents is 1. The topological polar surface area (TPSA) is 132 Å². The van der Waals surface area contributed by atoms with E-state index in [1.165, 1.54) is 12.1 Å². The summed E-state index contributed by atoms with van der Waals surface area (Å²) in [5, 5.41) is 10.2. The van der Waals surface area contributed by atoms with Crippen molar-refractivity contribution >= 4 is 18.0 Å². The Morgan fingerprint density at radius 1 is 0.972 bits per heavy atom. The first-order valence-electron chi connectivity index (χ1n) is 11.8. The maximum atomic E-state index is 13.0. The van der Waals surface area contributed by atoms with E-state index in [0.29, 0.717) is 44.1 Å². The summed E-state index contributed by atoms with van der Waals surface area (Å²) in [6.45, 7) is 8.78. The van der Waals surface area contributed by atoms with Gasteiger partial charge in [0.15, 0.2) is 0 Å². The number of rotatable bonds is 6. The second-order valence-corrected chi connectivity index (χ2v) is 9.38. The van der Waals surface area contributed by atoms with E-state index in [9.17, 15) is 19.5 Å². The normalized spacial score (nSPS) is 14.7. The molecule has 1 aliphatic heterocycles. The number of amides is 2. The molecule has 10 nitrogen and oxygen atoms in total. The summed E-state index contributed by atoms with van der Waals surface area (Å²) in [5.41, 5.74) is 6.19. The highest BCUT2D eigenvalue weighted by atomic mass is 16.6. The molecule has 1 saturated heterocycles. The molecular weight excluding hydrogens is 466 g/mol. The van der Waals surface area contributed by atoms with Gasteiger partial charge in [0, 0.05) is 37.8 Å². The summed E-state index contributed by atoms with van der Waals surface area (Å²) in [6, 6.07) is 9.96. The van der Waals surface area contributed by atoms with Gasteiger partial charge in [0.05, 0.1) is 6.61 Å². The highest BCUT2D eigenvalue weighted by Gasteiger charge is 2.26. The molecule has 0 bridgehead atoms. The smallest absolute Gasteiger partial charge is 0.409 e. The van der Waals surface area contributed by atoms with E-state index >= 15 is 0 Å². The van der Waals surface area contributed by atoms with E-state index in [4.69, 9.17) is 19.9 Å². The Balaban J connectivity index is 1.65. The van der Waals surface area contributed by atoms with Crippen molar-refractivity contribution in [2.45, 2.75) is 39.3 Å². The number of piperazine rings is 1. The highest BCUT2D eigenvalue weighted by Crippen LogP contribution is 2.29. The Labute approximate surface area is 210 Å². The van der Waals surface area contributed by atoms with Gasteiger partial charge in [-0.25, -0.2) is 9.59 Å². The van der Waals surface area contributed by atoms with Crippen molar-refractivity contribution in [2.24, 2.45) is 5.73 Å². The van der Waals surface area contributed by atoms with Gasteiger partial charge in [-0.15, -0.1) is 0 Å². The summed E-state index contributed by atoms with van der Waals surface area (Å²) < 4.78 is 16.2. The molecule has 0 spiro atoms. The Morgan fingerprint density at radius 2 is 1.58 bits per heavy atom. The van der Waals surface area contributed by atoms with E-state index in [2.05, 4.69) is 0 Å². The number of hydrogen-bond donors (Lipinski definition) is 2. The van der Waals surface area contributed by atoms with Crippen molar-refractivity contribution in [2.75, 3.05) is 32.8 Å². The third-order valence-electron chi connectivity index (χ3n) is 5.37. The number of carbonyl (C=O) groups excluding carboxylic acids is 3. The summed E-state index contributed by atoms with van der Waals surface area (Å²) in [7, 11) is 0. The van der Waals surface area contributed by atoms with Crippen LogP contribution in [0.3, 0.4) is 0 Å². The molecule has 0 radical (unpaired) electrons. The van der Waals surface area contributed by atoms with Crippen LogP contribution in [0.4, 0.5) is 4.79 Å². The maximum absolute atomic E-state index is 13.0. The second kappa shape index (κ2) is 11.3. The molecule has 0 aliphatic carbocycles. The number of aromatic hydroxyl groups is 1. The van der Waals surface area contributed by atoms with Crippen LogP contribution in [0.5, 0.6) is 17.2 Å². The van der Waals surface area contributed by atoms with Crippen molar-refractivity contribution in [3.8, 4) is 17.2 Å². The third kappa shape index (κ3) is 7.11. The predicted molar refractivity (Wildman–Crippen MR) is 132 cm³/mol. The van der Waals surface area contributed by atoms with Gasteiger partial charge in [-0.1, -0.05) is 12.1 Å². The molecule has 3 N–H and O–H groups in total. The first kappa shape index (κ1) is 26.8. The van der Waals surface area contributed by atoms with Crippen molar-refractivity contribution in [1.29, 1.82) is 0 Å². The Morgan fingerprint density at radius 3 is 2.17 bits per heavy atom. The van der Waals surface area contributed by atoms with E-state index < -0.39 is 23.7 Å². The molecule has 1 unspecified atom stereocenters. The van der Waals surface area contributed by atoms with Gasteiger partial charge in [-0.05, 0) is 57.5 Å². The molecule has 1 fully saturated rings. The van der Waals surface area contributed by atoms with E-state index in [1.807, 2.05) is 0 Å². The fourth-order valence-corrected chi connectivity index (χ4v) is 3.64. The van der Waals surface area contributed by atoms with Gasteiger partial charge in [-0.2, -0.15) is 0 Å². The van der Waals surface area contributed by atoms with E-state index in [-0.39, 0.29) is 23.0 Å². The molecule has 1 aliphatic rings. The SMILES string of the molecule is CCOC(=O)N1CCN(C(=O)c2cc(O)cc(Oc3ccc(C(N)C(=O)OC(C)(C)C)cc3)c2)CC1. The zero-order valence-corrected chi connectivity index (χ0v) is 21.0. The average molecular weight is 500 g/mol. The number of esters is 1. The van der Waals surface area contributed by atoms with Crippen LogP contribution < -0.4 is 10.5 Å². The minimum Gasteiger partial charge on any atom is -0.508 e. The molecule has 2 amide bonds. The van der Waals surface area contributed by atoms with Crippen LogP contribution in [0.1, 0.15) is 49.7 Å². The van der Waals surface area contributed by atoms with Gasteiger partial charge >= 0.3 is 12.1 Å². The first-order chi connectivity index (χ1) is 17.0. The Kier molecular flexibility index (Phi) is 8.41. The third-order valence-corrected chi connectivity index (χ3v) is 5.37. The molecule has 1 heterocycles. The lowest BCUT2D eigenvalue weighted by Crippen LogP contribution is -2.50. The number of ether oxygens (including phenoxy) is 3. The van der Waals surface area contributed by atoms with Crippen molar-refractivity contribution in [1.82, 2.24) is 9.80 Å². The molecule has 1 atom stereocenters. The highest BCUT2D eigenvalue weighted by molar-refractivity contribution is 5.95. The molecule has 194 valence electrons. The fourth-order valence-electron chi connectivity index (χ4n) is 3.64. The van der Waals surface area contributed by atoms with Crippen LogP contribution >= 0.6 is 0 Å². The molecule has 0 aromatic heterocycles. The van der Waals surface area contributed by atoms with Crippen LogP contribution in [0.15, 0.2) is 42.5 Å². The van der Waals surface area contributed by atoms with Gasteiger partial charge in [-0.3, -0.25) is 4.79 Å². The second-order valence-electron chi connectivity index (χ2n) is 9.38. The number of nitrogens with zero attached hydrogens (tertiary/aromatic N) is 2. The van der Waals surface area contributed by atoms with E-state index in [1.54, 1.807) is 67.8 Å². The number of phenols is 1. The lowest BCUT2D eigenvalue weighted by Gasteiger charge is -2.34. The fraction of sp³-hybridized carbons (Fsp3) is 0.423. The number of carbonyl (C=O) groups is 3. The zero-order chi connectivity index (χ0) is 26.5. The van der Waals surface area contributed by atoms with Crippen LogP contribution in [-0.4, -0.2) is 71.3 Å². The minimum atomic E-state index is -0.937. The summed E-state index contributed by atoms with van der Waals surface area (Å²) in [6.07, 6.45) is -0.393. The molecule has 3 rings (SSSR count). The van der Waals surface area contributed by atoms with Crippen molar-refractivity contribution in [3.05, 3.63) is 53.6 Å². The average Bonchev–Trinajstić information content (AvgIpc) is 2.82. The van der Waals surface area contributed by atoms with Crippen LogP contribution in [-0.2, 0) is 14.3 Å². The zero-order valence-electron chi connectivity index (χ0n) is 21.0. The molecule has 36 heavy (non-hydrogen) atoms. The minimum absolute atomic E-state index is 0.121. The monoisotopic (exact) mass is 499 g/mol. The molecule has 2 aromatic rings. The predicted octanol–water partition coefficient (Wildman–Crippen LogP) is 3.44. The number of hydrogen-bond acceptors (Lipinski definition) is 8. The van der Waals surface area contributed by atoms with Crippen molar-refractivity contribution in [3.63, 3.8) is 0 Å². The Hall–Kier alpha value is -3.79. The van der Waals surface area contributed by atoms with Crippen molar-refractivity contribution < 1.29 is 33.7 Å². The Bertz CT molecular complexity index is 1090. The lowest BCUT2D eigenvalue weighted by atomic mass is 10.1. The van der Waals surface area contributed by atoms with Crippen LogP contribution in [0.25, 0.3) is 0 Å². The first-order valence-corrected chi connectivity index (χ1v) is 11.8. The molecule has 0 saturated carbocycles. The summed E-state index contributed by atoms with van der Waals surface area (Å²) in [4.78, 5) is 40.3. The largest absolute Gasteiger partial charge is 0.508 e. The summed E-state index contributed by atoms with van der Waals surface area (Å²) in [5.74, 6) is -0.229. The molecule has 10 heteroatoms. The van der Waals surface area contributed by atoms with Gasteiger partial charge in [0.2, 0.25) is 0 Å². The van der Waals surface area contributed by atoms with E-state index in [0.717, 1.165) is 0 Å². The number of nitrogens with two attached hydrogens (primary N) is 1. The van der Waals surface area contributed by atoms with Gasteiger partial charge < -0.3 is 34.9 Å². The molecule has 2 aromatic carbocycles. The van der Waals surface area contributed by atoms with Gasteiger partial charge in [0.1, 0.15) is 28.9 Å².